The number of amides is 2. The Morgan fingerprint density at radius 1 is 1.11 bits per heavy atom. The van der Waals surface area contributed by atoms with Gasteiger partial charge in [0.25, 0.3) is 5.91 Å². The van der Waals surface area contributed by atoms with Crippen LogP contribution >= 0.6 is 22.9 Å². The van der Waals surface area contributed by atoms with Gasteiger partial charge in [-0.2, -0.15) is 5.10 Å². The summed E-state index contributed by atoms with van der Waals surface area (Å²) in [6.07, 6.45) is 0. The van der Waals surface area contributed by atoms with E-state index in [1.165, 1.54) is 18.3 Å². The lowest BCUT2D eigenvalue weighted by molar-refractivity contribution is -0.114. The highest BCUT2D eigenvalue weighted by Gasteiger charge is 2.13. The number of H-pyrrole nitrogens is 1. The normalized spacial score (nSPS) is 10.8. The lowest BCUT2D eigenvalue weighted by Crippen LogP contribution is -2.12. The standard InChI is InChI=1S/C19H14ClN5O2S/c1-10(26)21-19-23-14-6-5-13(8-17(14)28-19)22-18(27)16-9-15(24-25-16)11-3-2-4-12(20)7-11/h2-9H,1H3,(H,22,27)(H,24,25)(H,21,23,26). The summed E-state index contributed by atoms with van der Waals surface area (Å²) in [6.45, 7) is 1.43. The van der Waals surface area contributed by atoms with Gasteiger partial charge in [0.1, 0.15) is 5.69 Å². The van der Waals surface area contributed by atoms with Crippen LogP contribution in [0.3, 0.4) is 0 Å². The van der Waals surface area contributed by atoms with E-state index in [0.717, 1.165) is 15.8 Å². The maximum absolute atomic E-state index is 12.5. The van der Waals surface area contributed by atoms with Crippen molar-refractivity contribution in [1.82, 2.24) is 15.2 Å². The number of carbonyl (C=O) groups excluding carboxylic acids is 2. The number of carbonyl (C=O) groups is 2. The second kappa shape index (κ2) is 7.41. The number of thiazole rings is 1. The van der Waals surface area contributed by atoms with E-state index in [0.29, 0.717) is 27.2 Å². The Balaban J connectivity index is 1.52. The van der Waals surface area contributed by atoms with Crippen molar-refractivity contribution in [2.75, 3.05) is 10.6 Å². The Labute approximate surface area is 168 Å². The van der Waals surface area contributed by atoms with Crippen molar-refractivity contribution in [2.45, 2.75) is 6.92 Å². The van der Waals surface area contributed by atoms with Crippen molar-refractivity contribution in [3.8, 4) is 11.3 Å². The van der Waals surface area contributed by atoms with Crippen LogP contribution in [-0.4, -0.2) is 27.0 Å². The fourth-order valence-corrected chi connectivity index (χ4v) is 3.78. The summed E-state index contributed by atoms with van der Waals surface area (Å²) in [5, 5.41) is 13.5. The van der Waals surface area contributed by atoms with Gasteiger partial charge >= 0.3 is 0 Å². The lowest BCUT2D eigenvalue weighted by Gasteiger charge is -2.02. The molecule has 0 aliphatic carbocycles. The average Bonchev–Trinajstić information content (AvgIpc) is 3.27. The Bertz CT molecular complexity index is 1200. The number of halogens is 1. The van der Waals surface area contributed by atoms with Crippen LogP contribution in [0.15, 0.2) is 48.5 Å². The number of rotatable bonds is 4. The highest BCUT2D eigenvalue weighted by atomic mass is 35.5. The molecule has 0 saturated carbocycles. The molecule has 0 bridgehead atoms. The number of fused-ring (bicyclic) bond motifs is 1. The molecule has 0 aliphatic heterocycles. The molecular formula is C19H14ClN5O2S. The van der Waals surface area contributed by atoms with E-state index in [1.54, 1.807) is 30.3 Å². The first-order valence-corrected chi connectivity index (χ1v) is 9.48. The highest BCUT2D eigenvalue weighted by molar-refractivity contribution is 7.22. The minimum Gasteiger partial charge on any atom is -0.321 e. The number of aromatic nitrogens is 3. The molecule has 0 unspecified atom stereocenters. The van der Waals surface area contributed by atoms with Crippen molar-refractivity contribution in [3.05, 3.63) is 59.2 Å². The molecule has 2 aromatic carbocycles. The van der Waals surface area contributed by atoms with E-state index in [1.807, 2.05) is 18.2 Å². The summed E-state index contributed by atoms with van der Waals surface area (Å²) in [4.78, 5) is 28.0. The second-order valence-corrected chi connectivity index (χ2v) is 7.48. The smallest absolute Gasteiger partial charge is 0.273 e. The van der Waals surface area contributed by atoms with Crippen molar-refractivity contribution in [3.63, 3.8) is 0 Å². The van der Waals surface area contributed by atoms with Gasteiger partial charge in [-0.05, 0) is 36.4 Å². The van der Waals surface area contributed by atoms with Crippen LogP contribution in [0.1, 0.15) is 17.4 Å². The number of nitrogens with zero attached hydrogens (tertiary/aromatic N) is 2. The van der Waals surface area contributed by atoms with Crippen molar-refractivity contribution >= 4 is 55.8 Å². The molecule has 0 fully saturated rings. The number of nitrogens with one attached hydrogen (secondary N) is 3. The third-order valence-electron chi connectivity index (χ3n) is 3.87. The SMILES string of the molecule is CC(=O)Nc1nc2ccc(NC(=O)c3cc(-c4cccc(Cl)c4)n[nH]3)cc2s1. The van der Waals surface area contributed by atoms with Crippen molar-refractivity contribution < 1.29 is 9.59 Å². The number of hydrogen-bond donors (Lipinski definition) is 3. The van der Waals surface area contributed by atoms with Crippen LogP contribution < -0.4 is 10.6 Å². The monoisotopic (exact) mass is 411 g/mol. The molecule has 9 heteroatoms. The Morgan fingerprint density at radius 2 is 1.96 bits per heavy atom. The molecule has 2 heterocycles. The molecule has 4 rings (SSSR count). The van der Waals surface area contributed by atoms with E-state index in [4.69, 9.17) is 11.6 Å². The van der Waals surface area contributed by atoms with E-state index < -0.39 is 0 Å². The average molecular weight is 412 g/mol. The molecule has 2 amide bonds. The third kappa shape index (κ3) is 3.88. The first-order chi connectivity index (χ1) is 13.5. The molecule has 2 aromatic heterocycles. The van der Waals surface area contributed by atoms with Crippen molar-refractivity contribution in [2.24, 2.45) is 0 Å². The molecule has 3 N–H and O–H groups in total. The first kappa shape index (κ1) is 18.1. The molecule has 0 spiro atoms. The predicted octanol–water partition coefficient (Wildman–Crippen LogP) is 4.55. The Morgan fingerprint density at radius 3 is 2.75 bits per heavy atom. The van der Waals surface area contributed by atoms with Crippen LogP contribution in [-0.2, 0) is 4.79 Å². The molecule has 0 radical (unpaired) electrons. The quantitative estimate of drug-likeness (QED) is 0.458. The fraction of sp³-hybridized carbons (Fsp3) is 0.0526. The van der Waals surface area contributed by atoms with Gasteiger partial charge in [-0.1, -0.05) is 35.1 Å². The molecule has 28 heavy (non-hydrogen) atoms. The highest BCUT2D eigenvalue weighted by Crippen LogP contribution is 2.28. The van der Waals surface area contributed by atoms with Gasteiger partial charge in [-0.25, -0.2) is 4.98 Å². The lowest BCUT2D eigenvalue weighted by atomic mass is 10.1. The molecule has 7 nitrogen and oxygen atoms in total. The maximum atomic E-state index is 12.5. The number of hydrogen-bond acceptors (Lipinski definition) is 5. The van der Waals surface area contributed by atoms with E-state index >= 15 is 0 Å². The molecule has 140 valence electrons. The predicted molar refractivity (Wildman–Crippen MR) is 111 cm³/mol. The van der Waals surface area contributed by atoms with Gasteiger partial charge in [-0.15, -0.1) is 0 Å². The zero-order chi connectivity index (χ0) is 19.7. The van der Waals surface area contributed by atoms with Gasteiger partial charge in [0.15, 0.2) is 5.13 Å². The maximum Gasteiger partial charge on any atom is 0.273 e. The Kier molecular flexibility index (Phi) is 4.81. The summed E-state index contributed by atoms with van der Waals surface area (Å²) in [5.74, 6) is -0.492. The van der Waals surface area contributed by atoms with Gasteiger partial charge in [0.2, 0.25) is 5.91 Å². The van der Waals surface area contributed by atoms with Gasteiger partial charge in [0, 0.05) is 23.2 Å². The van der Waals surface area contributed by atoms with Crippen LogP contribution in [0.2, 0.25) is 5.02 Å². The number of benzene rings is 2. The van der Waals surface area contributed by atoms with Crippen molar-refractivity contribution in [1.29, 1.82) is 0 Å². The summed E-state index contributed by atoms with van der Waals surface area (Å²) < 4.78 is 0.853. The summed E-state index contributed by atoms with van der Waals surface area (Å²) in [6, 6.07) is 14.3. The van der Waals surface area contributed by atoms with E-state index in [-0.39, 0.29) is 11.8 Å². The molecule has 4 aromatic rings. The van der Waals surface area contributed by atoms with Gasteiger partial charge < -0.3 is 10.6 Å². The summed E-state index contributed by atoms with van der Waals surface area (Å²) in [5.41, 5.74) is 3.15. The molecule has 0 atom stereocenters. The van der Waals surface area contributed by atoms with E-state index in [2.05, 4.69) is 25.8 Å². The number of anilines is 2. The second-order valence-electron chi connectivity index (χ2n) is 6.01. The Hall–Kier alpha value is -3.23. The van der Waals surface area contributed by atoms with Gasteiger partial charge in [0.05, 0.1) is 15.9 Å². The third-order valence-corrected chi connectivity index (χ3v) is 5.04. The molecule has 0 aliphatic rings. The minimum absolute atomic E-state index is 0.178. The zero-order valence-electron chi connectivity index (χ0n) is 14.6. The molecular weight excluding hydrogens is 398 g/mol. The zero-order valence-corrected chi connectivity index (χ0v) is 16.2. The van der Waals surface area contributed by atoms with Crippen LogP contribution in [0, 0.1) is 0 Å². The summed E-state index contributed by atoms with van der Waals surface area (Å²) in [7, 11) is 0. The largest absolute Gasteiger partial charge is 0.321 e. The van der Waals surface area contributed by atoms with E-state index in [9.17, 15) is 9.59 Å². The van der Waals surface area contributed by atoms with Crippen LogP contribution in [0.25, 0.3) is 21.5 Å². The summed E-state index contributed by atoms with van der Waals surface area (Å²) >= 11 is 7.34. The topological polar surface area (TPSA) is 99.8 Å². The van der Waals surface area contributed by atoms with Crippen LogP contribution in [0.5, 0.6) is 0 Å². The first-order valence-electron chi connectivity index (χ1n) is 8.29. The number of aromatic amines is 1. The van der Waals surface area contributed by atoms with Gasteiger partial charge in [-0.3, -0.25) is 14.7 Å². The fourth-order valence-electron chi connectivity index (χ4n) is 2.64. The molecule has 0 saturated heterocycles. The minimum atomic E-state index is -0.313. The van der Waals surface area contributed by atoms with Crippen LogP contribution in [0.4, 0.5) is 10.8 Å².